The summed E-state index contributed by atoms with van der Waals surface area (Å²) >= 11 is 29.8. The van der Waals surface area contributed by atoms with Gasteiger partial charge < -0.3 is 5.11 Å². The van der Waals surface area contributed by atoms with E-state index in [0.717, 1.165) is 0 Å². The minimum Gasteiger partial charge on any atom is -0.478 e. The minimum atomic E-state index is -1.02. The molecule has 0 radical (unpaired) electrons. The zero-order valence-corrected chi connectivity index (χ0v) is 13.4. The van der Waals surface area contributed by atoms with Crippen LogP contribution in [0.15, 0.2) is 12.2 Å². The molecule has 0 atom stereocenters. The second kappa shape index (κ2) is 7.05. The van der Waals surface area contributed by atoms with E-state index in [1.54, 1.807) is 0 Å². The van der Waals surface area contributed by atoms with Crippen molar-refractivity contribution in [1.29, 1.82) is 0 Å². The highest BCUT2D eigenvalue weighted by Gasteiger charge is 2.19. The number of rotatable bonds is 5. The topological polar surface area (TPSA) is 37.3 Å². The Morgan fingerprint density at radius 2 is 1.37 bits per heavy atom. The molecule has 1 N–H and O–H groups in total. The first-order valence-corrected chi connectivity index (χ1v) is 7.07. The second-order valence-electron chi connectivity index (χ2n) is 3.81. The van der Waals surface area contributed by atoms with Crippen LogP contribution < -0.4 is 0 Å². The van der Waals surface area contributed by atoms with Gasteiger partial charge in [-0.2, -0.15) is 0 Å². The molecule has 1 aromatic rings. The summed E-state index contributed by atoms with van der Waals surface area (Å²) in [6, 6.07) is 0. The highest BCUT2D eigenvalue weighted by atomic mass is 35.5. The molecule has 0 aliphatic heterocycles. The van der Waals surface area contributed by atoms with E-state index in [4.69, 9.17) is 63.1 Å². The van der Waals surface area contributed by atoms with Crippen LogP contribution in [0.25, 0.3) is 0 Å². The first-order chi connectivity index (χ1) is 8.77. The van der Waals surface area contributed by atoms with Crippen LogP contribution in [-0.4, -0.2) is 11.1 Å². The average molecular weight is 362 g/mol. The maximum Gasteiger partial charge on any atom is 0.330 e. The average Bonchev–Trinajstić information content (AvgIpc) is 2.37. The Labute approximate surface area is 135 Å². The maximum absolute atomic E-state index is 10.6. The van der Waals surface area contributed by atoms with Gasteiger partial charge in [0.25, 0.3) is 0 Å². The van der Waals surface area contributed by atoms with E-state index in [9.17, 15) is 4.79 Å². The van der Waals surface area contributed by atoms with Crippen LogP contribution in [0.4, 0.5) is 0 Å². The van der Waals surface area contributed by atoms with Gasteiger partial charge in [-0.05, 0) is 24.8 Å². The number of hydrogen-bond donors (Lipinski definition) is 1. The quantitative estimate of drug-likeness (QED) is 0.401. The molecule has 0 bridgehead atoms. The van der Waals surface area contributed by atoms with E-state index >= 15 is 0 Å². The van der Waals surface area contributed by atoms with Gasteiger partial charge in [-0.3, -0.25) is 0 Å². The monoisotopic (exact) mass is 360 g/mol. The SMILES string of the molecule is C=C(CCCc1c(Cl)c(Cl)c(Cl)c(Cl)c1Cl)C(=O)O. The maximum atomic E-state index is 10.6. The Balaban J connectivity index is 2.91. The summed E-state index contributed by atoms with van der Waals surface area (Å²) in [6.45, 7) is 3.44. The normalized spacial score (nSPS) is 10.6. The van der Waals surface area contributed by atoms with Crippen molar-refractivity contribution < 1.29 is 9.90 Å². The zero-order valence-electron chi connectivity index (χ0n) is 9.57. The molecular formula is C12H9Cl5O2. The third-order valence-corrected chi connectivity index (χ3v) is 4.86. The van der Waals surface area contributed by atoms with E-state index < -0.39 is 5.97 Å². The van der Waals surface area contributed by atoms with Gasteiger partial charge in [0.05, 0.1) is 25.1 Å². The summed E-state index contributed by atoms with van der Waals surface area (Å²) in [5.74, 6) is -1.02. The van der Waals surface area contributed by atoms with Crippen LogP contribution in [0.2, 0.25) is 25.1 Å². The van der Waals surface area contributed by atoms with Gasteiger partial charge in [0.15, 0.2) is 0 Å². The lowest BCUT2D eigenvalue weighted by atomic mass is 10.0. The highest BCUT2D eigenvalue weighted by Crippen LogP contribution is 2.44. The van der Waals surface area contributed by atoms with Gasteiger partial charge in [-0.25, -0.2) is 4.79 Å². The van der Waals surface area contributed by atoms with Crippen LogP contribution >= 0.6 is 58.0 Å². The van der Waals surface area contributed by atoms with Crippen molar-refractivity contribution in [2.24, 2.45) is 0 Å². The van der Waals surface area contributed by atoms with Gasteiger partial charge in [-0.15, -0.1) is 0 Å². The molecule has 0 amide bonds. The summed E-state index contributed by atoms with van der Waals surface area (Å²) in [5, 5.41) is 9.57. The molecular weight excluding hydrogens is 353 g/mol. The van der Waals surface area contributed by atoms with Crippen molar-refractivity contribution in [3.63, 3.8) is 0 Å². The first-order valence-electron chi connectivity index (χ1n) is 5.18. The summed E-state index contributed by atoms with van der Waals surface area (Å²) in [6.07, 6.45) is 1.26. The number of hydrogen-bond acceptors (Lipinski definition) is 1. The van der Waals surface area contributed by atoms with E-state index in [0.29, 0.717) is 24.8 Å². The zero-order chi connectivity index (χ0) is 14.7. The molecule has 0 heterocycles. The molecule has 0 aliphatic rings. The molecule has 0 aliphatic carbocycles. The lowest BCUT2D eigenvalue weighted by Crippen LogP contribution is -2.00. The molecule has 1 rings (SSSR count). The predicted octanol–water partition coefficient (Wildman–Crippen LogP) is 5.92. The largest absolute Gasteiger partial charge is 0.478 e. The van der Waals surface area contributed by atoms with Crippen molar-refractivity contribution in [2.75, 3.05) is 0 Å². The Morgan fingerprint density at radius 3 is 1.79 bits per heavy atom. The fourth-order valence-electron chi connectivity index (χ4n) is 1.46. The summed E-state index contributed by atoms with van der Waals surface area (Å²) in [5.41, 5.74) is 0.680. The molecule has 7 heteroatoms. The standard InChI is InChI=1S/C12H9Cl5O2/c1-5(12(18)19)3-2-4-6-7(13)9(15)11(17)10(16)8(6)14/h1-4H2,(H,18,19). The Bertz CT molecular complexity index is 510. The van der Waals surface area contributed by atoms with Gasteiger partial charge in [0.1, 0.15) is 0 Å². The Morgan fingerprint density at radius 1 is 0.947 bits per heavy atom. The molecule has 1 aromatic carbocycles. The molecule has 0 saturated carbocycles. The fourth-order valence-corrected chi connectivity index (χ4v) is 2.82. The van der Waals surface area contributed by atoms with Crippen LogP contribution in [0.5, 0.6) is 0 Å². The van der Waals surface area contributed by atoms with Gasteiger partial charge in [0.2, 0.25) is 0 Å². The molecule has 2 nitrogen and oxygen atoms in total. The lowest BCUT2D eigenvalue weighted by molar-refractivity contribution is -0.132. The van der Waals surface area contributed by atoms with Gasteiger partial charge in [0, 0.05) is 5.57 Å². The third kappa shape index (κ3) is 3.93. The number of carbonyl (C=O) groups is 1. The lowest BCUT2D eigenvalue weighted by Gasteiger charge is -2.12. The minimum absolute atomic E-state index is 0.108. The number of carboxylic acid groups (broad SMARTS) is 1. The van der Waals surface area contributed by atoms with E-state index in [1.165, 1.54) is 0 Å². The molecule has 0 spiro atoms. The first kappa shape index (κ1) is 16.9. The number of carboxylic acids is 1. The molecule has 0 aromatic heterocycles. The van der Waals surface area contributed by atoms with Crippen molar-refractivity contribution >= 4 is 64.0 Å². The summed E-state index contributed by atoms with van der Waals surface area (Å²) in [4.78, 5) is 10.6. The smallest absolute Gasteiger partial charge is 0.330 e. The molecule has 0 saturated heterocycles. The van der Waals surface area contributed by atoms with Crippen LogP contribution in [0.1, 0.15) is 18.4 Å². The van der Waals surface area contributed by atoms with Gasteiger partial charge in [-0.1, -0.05) is 64.6 Å². The van der Waals surface area contributed by atoms with Crippen molar-refractivity contribution in [1.82, 2.24) is 0 Å². The third-order valence-electron chi connectivity index (χ3n) is 2.51. The van der Waals surface area contributed by atoms with Crippen LogP contribution in [0.3, 0.4) is 0 Å². The number of benzene rings is 1. The van der Waals surface area contributed by atoms with Crippen LogP contribution in [-0.2, 0) is 11.2 Å². The fraction of sp³-hybridized carbons (Fsp3) is 0.250. The number of aliphatic carboxylic acids is 1. The number of halogens is 5. The predicted molar refractivity (Wildman–Crippen MR) is 81.2 cm³/mol. The van der Waals surface area contributed by atoms with E-state index in [-0.39, 0.29) is 30.7 Å². The Kier molecular flexibility index (Phi) is 6.28. The molecule has 104 valence electrons. The van der Waals surface area contributed by atoms with Crippen molar-refractivity contribution in [3.05, 3.63) is 42.8 Å². The van der Waals surface area contributed by atoms with E-state index in [2.05, 4.69) is 6.58 Å². The van der Waals surface area contributed by atoms with Crippen molar-refractivity contribution in [2.45, 2.75) is 19.3 Å². The Hall–Kier alpha value is -0.120. The molecule has 19 heavy (non-hydrogen) atoms. The molecule has 0 fully saturated rings. The highest BCUT2D eigenvalue weighted by molar-refractivity contribution is 6.55. The second-order valence-corrected chi connectivity index (χ2v) is 5.70. The summed E-state index contributed by atoms with van der Waals surface area (Å²) in [7, 11) is 0. The van der Waals surface area contributed by atoms with Crippen LogP contribution in [0, 0.1) is 0 Å². The molecule has 0 unspecified atom stereocenters. The summed E-state index contributed by atoms with van der Waals surface area (Å²) < 4.78 is 0. The van der Waals surface area contributed by atoms with Crippen molar-refractivity contribution in [3.8, 4) is 0 Å². The van der Waals surface area contributed by atoms with E-state index in [1.807, 2.05) is 0 Å². The van der Waals surface area contributed by atoms with Gasteiger partial charge >= 0.3 is 5.97 Å².